The average molecular weight is 291 g/mol. The average Bonchev–Trinajstić information content (AvgIpc) is 2.92. The summed E-state index contributed by atoms with van der Waals surface area (Å²) in [6, 6.07) is 6.00. The Morgan fingerprint density at radius 1 is 1.45 bits per heavy atom. The quantitative estimate of drug-likeness (QED) is 0.871. The summed E-state index contributed by atoms with van der Waals surface area (Å²) in [4.78, 5) is 9.92. The van der Waals surface area contributed by atoms with Crippen molar-refractivity contribution < 1.29 is 8.95 Å². The normalized spacial score (nSPS) is 17.3. The van der Waals surface area contributed by atoms with E-state index in [2.05, 4.69) is 27.5 Å². The number of H-pyrrole nitrogens is 1. The van der Waals surface area contributed by atoms with Crippen LogP contribution in [0.15, 0.2) is 36.0 Å². The Morgan fingerprint density at radius 3 is 3.00 bits per heavy atom. The van der Waals surface area contributed by atoms with Crippen molar-refractivity contribution in [1.82, 2.24) is 9.97 Å². The number of ether oxygens (including phenoxy) is 1. The smallest absolute Gasteiger partial charge is 0.197 e. The van der Waals surface area contributed by atoms with E-state index < -0.39 is 10.8 Å². The number of anilines is 1. The molecule has 2 aromatic rings. The topological polar surface area (TPSA) is 58.2 Å². The minimum absolute atomic E-state index is 0.409. The van der Waals surface area contributed by atoms with E-state index in [0.29, 0.717) is 10.9 Å². The summed E-state index contributed by atoms with van der Waals surface area (Å²) >= 11 is 0. The lowest BCUT2D eigenvalue weighted by atomic mass is 10.2. The second-order valence-corrected chi connectivity index (χ2v) is 6.03. The second kappa shape index (κ2) is 5.76. The van der Waals surface area contributed by atoms with Gasteiger partial charge in [-0.1, -0.05) is 12.1 Å². The molecule has 20 heavy (non-hydrogen) atoms. The lowest BCUT2D eigenvalue weighted by Gasteiger charge is -2.28. The van der Waals surface area contributed by atoms with E-state index in [9.17, 15) is 4.21 Å². The zero-order chi connectivity index (χ0) is 13.9. The largest absolute Gasteiger partial charge is 0.378 e. The van der Waals surface area contributed by atoms with E-state index in [1.165, 1.54) is 0 Å². The van der Waals surface area contributed by atoms with Gasteiger partial charge in [-0.2, -0.15) is 0 Å². The minimum atomic E-state index is -1.16. The highest BCUT2D eigenvalue weighted by atomic mass is 32.2. The van der Waals surface area contributed by atoms with Crippen LogP contribution >= 0.6 is 0 Å². The predicted octanol–water partition coefficient (Wildman–Crippen LogP) is 1.69. The number of hydrogen-bond acceptors (Lipinski definition) is 4. The number of morpholine rings is 1. The Morgan fingerprint density at radius 2 is 2.25 bits per heavy atom. The molecule has 0 spiro atoms. The third-order valence-corrected chi connectivity index (χ3v) is 4.47. The number of para-hydroxylation sites is 1. The Labute approximate surface area is 120 Å². The van der Waals surface area contributed by atoms with Crippen LogP contribution in [0, 0.1) is 0 Å². The standard InChI is InChI=1S/C14H17N3O2S/c1-2-10-20(18)14-15-11-4-3-5-12(13(11)16-14)17-6-8-19-9-7-17/h2-5H,1,6-10H2,(H,15,16). The molecule has 1 fully saturated rings. The van der Waals surface area contributed by atoms with Gasteiger partial charge in [0, 0.05) is 18.8 Å². The van der Waals surface area contributed by atoms with Crippen molar-refractivity contribution in [3.63, 3.8) is 0 Å². The molecule has 1 N–H and O–H groups in total. The highest BCUT2D eigenvalue weighted by Crippen LogP contribution is 2.26. The Bertz CT molecular complexity index is 647. The second-order valence-electron chi connectivity index (χ2n) is 4.62. The zero-order valence-electron chi connectivity index (χ0n) is 11.2. The summed E-state index contributed by atoms with van der Waals surface area (Å²) in [5, 5.41) is 0.514. The fourth-order valence-corrected chi connectivity index (χ4v) is 3.14. The van der Waals surface area contributed by atoms with E-state index in [0.717, 1.165) is 43.0 Å². The molecule has 1 aromatic carbocycles. The van der Waals surface area contributed by atoms with Gasteiger partial charge in [-0.15, -0.1) is 6.58 Å². The first-order valence-corrected chi connectivity index (χ1v) is 7.92. The number of nitrogens with zero attached hydrogens (tertiary/aromatic N) is 2. The maximum absolute atomic E-state index is 12.0. The van der Waals surface area contributed by atoms with Gasteiger partial charge >= 0.3 is 0 Å². The number of benzene rings is 1. The number of aromatic amines is 1. The molecule has 0 bridgehead atoms. The highest BCUT2D eigenvalue weighted by molar-refractivity contribution is 7.85. The van der Waals surface area contributed by atoms with E-state index >= 15 is 0 Å². The van der Waals surface area contributed by atoms with Gasteiger partial charge in [-0.3, -0.25) is 4.21 Å². The van der Waals surface area contributed by atoms with Crippen LogP contribution in [0.4, 0.5) is 5.69 Å². The molecule has 2 heterocycles. The fraction of sp³-hybridized carbons (Fsp3) is 0.357. The van der Waals surface area contributed by atoms with Crippen molar-refractivity contribution >= 4 is 27.5 Å². The molecule has 1 aliphatic heterocycles. The van der Waals surface area contributed by atoms with Gasteiger partial charge in [0.2, 0.25) is 0 Å². The number of aromatic nitrogens is 2. The van der Waals surface area contributed by atoms with Crippen molar-refractivity contribution in [1.29, 1.82) is 0 Å². The summed E-state index contributed by atoms with van der Waals surface area (Å²) in [6.45, 7) is 6.80. The minimum Gasteiger partial charge on any atom is -0.378 e. The molecule has 1 unspecified atom stereocenters. The number of hydrogen-bond donors (Lipinski definition) is 1. The summed E-state index contributed by atoms with van der Waals surface area (Å²) in [7, 11) is -1.16. The third-order valence-electron chi connectivity index (χ3n) is 3.31. The van der Waals surface area contributed by atoms with Crippen LogP contribution in [0.3, 0.4) is 0 Å². The van der Waals surface area contributed by atoms with Gasteiger partial charge in [0.05, 0.1) is 35.2 Å². The van der Waals surface area contributed by atoms with Crippen molar-refractivity contribution in [3.8, 4) is 0 Å². The van der Waals surface area contributed by atoms with Crippen LogP contribution in [0.25, 0.3) is 11.0 Å². The molecule has 5 nitrogen and oxygen atoms in total. The first-order chi connectivity index (χ1) is 9.79. The van der Waals surface area contributed by atoms with Gasteiger partial charge in [0.1, 0.15) is 5.52 Å². The SMILES string of the molecule is C=CCS(=O)c1nc2c(N3CCOCC3)cccc2[nH]1. The lowest BCUT2D eigenvalue weighted by Crippen LogP contribution is -2.36. The summed E-state index contributed by atoms with van der Waals surface area (Å²) in [5.74, 6) is 0.409. The molecule has 0 amide bonds. The van der Waals surface area contributed by atoms with Crippen LogP contribution in [-0.4, -0.2) is 46.2 Å². The van der Waals surface area contributed by atoms with Crippen LogP contribution in [0.5, 0.6) is 0 Å². The fourth-order valence-electron chi connectivity index (χ4n) is 2.35. The molecule has 0 aliphatic carbocycles. The number of fused-ring (bicyclic) bond motifs is 1. The first-order valence-electron chi connectivity index (χ1n) is 6.60. The molecule has 1 aromatic heterocycles. The van der Waals surface area contributed by atoms with Crippen molar-refractivity contribution in [2.75, 3.05) is 37.0 Å². The van der Waals surface area contributed by atoms with E-state index in [4.69, 9.17) is 4.74 Å². The molecule has 6 heteroatoms. The van der Waals surface area contributed by atoms with E-state index in [1.54, 1.807) is 6.08 Å². The monoisotopic (exact) mass is 291 g/mol. The number of imidazole rings is 1. The Balaban J connectivity index is 2.00. The zero-order valence-corrected chi connectivity index (χ0v) is 12.0. The van der Waals surface area contributed by atoms with Crippen LogP contribution in [0.1, 0.15) is 0 Å². The lowest BCUT2D eigenvalue weighted by molar-refractivity contribution is 0.123. The molecule has 1 aliphatic rings. The molecule has 3 rings (SSSR count). The van der Waals surface area contributed by atoms with Crippen molar-refractivity contribution in [2.45, 2.75) is 5.16 Å². The van der Waals surface area contributed by atoms with Crippen LogP contribution in [0.2, 0.25) is 0 Å². The molecule has 0 radical (unpaired) electrons. The Kier molecular flexibility index (Phi) is 3.84. The molecular formula is C14H17N3O2S. The van der Waals surface area contributed by atoms with Gasteiger partial charge < -0.3 is 14.6 Å². The van der Waals surface area contributed by atoms with Gasteiger partial charge in [0.25, 0.3) is 0 Å². The maximum atomic E-state index is 12.0. The first kappa shape index (κ1) is 13.3. The van der Waals surface area contributed by atoms with Crippen molar-refractivity contribution in [3.05, 3.63) is 30.9 Å². The molecule has 1 atom stereocenters. The number of nitrogens with one attached hydrogen (secondary N) is 1. The summed E-state index contributed by atoms with van der Waals surface area (Å²) < 4.78 is 17.4. The van der Waals surface area contributed by atoms with Gasteiger partial charge in [0.15, 0.2) is 5.16 Å². The third kappa shape index (κ3) is 2.48. The highest BCUT2D eigenvalue weighted by Gasteiger charge is 2.17. The van der Waals surface area contributed by atoms with E-state index in [-0.39, 0.29) is 0 Å². The predicted molar refractivity (Wildman–Crippen MR) is 80.6 cm³/mol. The molecule has 0 saturated carbocycles. The number of rotatable bonds is 4. The molecule has 1 saturated heterocycles. The van der Waals surface area contributed by atoms with Crippen LogP contribution in [-0.2, 0) is 15.5 Å². The summed E-state index contributed by atoms with van der Waals surface area (Å²) in [6.07, 6.45) is 1.65. The van der Waals surface area contributed by atoms with Crippen molar-refractivity contribution in [2.24, 2.45) is 0 Å². The van der Waals surface area contributed by atoms with Gasteiger partial charge in [-0.25, -0.2) is 4.98 Å². The van der Waals surface area contributed by atoms with E-state index in [1.807, 2.05) is 12.1 Å². The van der Waals surface area contributed by atoms with Crippen LogP contribution < -0.4 is 4.90 Å². The Hall–Kier alpha value is -1.66. The molecule has 106 valence electrons. The maximum Gasteiger partial charge on any atom is 0.197 e. The molecular weight excluding hydrogens is 274 g/mol. The van der Waals surface area contributed by atoms with Gasteiger partial charge in [-0.05, 0) is 12.1 Å². The summed E-state index contributed by atoms with van der Waals surface area (Å²) in [5.41, 5.74) is 2.87.